The van der Waals surface area contributed by atoms with Crippen LogP contribution in [0.3, 0.4) is 0 Å². The van der Waals surface area contributed by atoms with Crippen LogP contribution in [0.25, 0.3) is 0 Å². The van der Waals surface area contributed by atoms with E-state index in [4.69, 9.17) is 0 Å². The van der Waals surface area contributed by atoms with Crippen LogP contribution < -0.4 is 19.7 Å². The van der Waals surface area contributed by atoms with Crippen molar-refractivity contribution in [3.63, 3.8) is 0 Å². The lowest BCUT2D eigenvalue weighted by atomic mass is 10.2. The first kappa shape index (κ1) is 21.8. The third-order valence-electron chi connectivity index (χ3n) is 4.69. The molecule has 0 atom stereocenters. The van der Waals surface area contributed by atoms with Crippen molar-refractivity contribution in [1.29, 1.82) is 0 Å². The standard InChI is InChI=1S/C20H24F2N4O3S/c1-23-20(25-14-16-7-3-5-9-18(16)29-19(21)22)24-11-13-30(27,28)26-12-10-15-6-2-4-8-17(15)26/h2-9,19H,10-14H2,1H3,(H2,23,24,25). The number of alkyl halides is 2. The van der Waals surface area contributed by atoms with E-state index < -0.39 is 16.6 Å². The number of halogens is 2. The number of fused-ring (bicyclic) bond motifs is 1. The molecule has 1 heterocycles. The van der Waals surface area contributed by atoms with Crippen molar-refractivity contribution in [3.8, 4) is 5.75 Å². The highest BCUT2D eigenvalue weighted by Gasteiger charge is 2.28. The van der Waals surface area contributed by atoms with Crippen LogP contribution in [0.2, 0.25) is 0 Å². The topological polar surface area (TPSA) is 83.0 Å². The summed E-state index contributed by atoms with van der Waals surface area (Å²) in [6.07, 6.45) is 0.701. The maximum atomic E-state index is 12.7. The number of nitrogens with one attached hydrogen (secondary N) is 2. The zero-order valence-electron chi connectivity index (χ0n) is 16.5. The van der Waals surface area contributed by atoms with Crippen LogP contribution in [-0.4, -0.2) is 46.9 Å². The van der Waals surface area contributed by atoms with Gasteiger partial charge in [0.25, 0.3) is 0 Å². The van der Waals surface area contributed by atoms with Gasteiger partial charge in [0.15, 0.2) is 5.96 Å². The second kappa shape index (κ2) is 9.75. The van der Waals surface area contributed by atoms with Crippen molar-refractivity contribution in [2.24, 2.45) is 4.99 Å². The lowest BCUT2D eigenvalue weighted by molar-refractivity contribution is -0.0504. The summed E-state index contributed by atoms with van der Waals surface area (Å²) < 4.78 is 56.5. The molecule has 2 N–H and O–H groups in total. The predicted molar refractivity (Wildman–Crippen MR) is 113 cm³/mol. The predicted octanol–water partition coefficient (Wildman–Crippen LogP) is 2.35. The lowest BCUT2D eigenvalue weighted by Crippen LogP contribution is -2.41. The van der Waals surface area contributed by atoms with Gasteiger partial charge in [-0.25, -0.2) is 8.42 Å². The third-order valence-corrected chi connectivity index (χ3v) is 6.46. The fourth-order valence-corrected chi connectivity index (χ4v) is 4.69. The largest absolute Gasteiger partial charge is 0.434 e. The Hall–Kier alpha value is -2.88. The molecule has 10 heteroatoms. The number of nitrogens with zero attached hydrogens (tertiary/aromatic N) is 2. The number of aliphatic imine (C=N–C) groups is 1. The number of para-hydroxylation sites is 2. The fourth-order valence-electron chi connectivity index (χ4n) is 3.27. The first-order chi connectivity index (χ1) is 14.4. The van der Waals surface area contributed by atoms with Crippen LogP contribution in [0.15, 0.2) is 53.5 Å². The fraction of sp³-hybridized carbons (Fsp3) is 0.350. The first-order valence-corrected chi connectivity index (χ1v) is 11.1. The molecular weight excluding hydrogens is 414 g/mol. The molecule has 7 nitrogen and oxygen atoms in total. The van der Waals surface area contributed by atoms with E-state index in [0.717, 1.165) is 11.3 Å². The number of guanidine groups is 1. The summed E-state index contributed by atoms with van der Waals surface area (Å²) in [5, 5.41) is 5.92. The van der Waals surface area contributed by atoms with Gasteiger partial charge in [-0.05, 0) is 24.1 Å². The number of hydrogen-bond donors (Lipinski definition) is 2. The van der Waals surface area contributed by atoms with Crippen molar-refractivity contribution in [2.75, 3.05) is 30.2 Å². The molecule has 0 saturated carbocycles. The Balaban J connectivity index is 1.53. The average molecular weight is 439 g/mol. The second-order valence-corrected chi connectivity index (χ2v) is 8.62. The second-order valence-electron chi connectivity index (χ2n) is 6.61. The minimum Gasteiger partial charge on any atom is -0.434 e. The van der Waals surface area contributed by atoms with Crippen LogP contribution in [0.4, 0.5) is 14.5 Å². The number of sulfonamides is 1. The van der Waals surface area contributed by atoms with Gasteiger partial charge in [0.2, 0.25) is 10.0 Å². The molecule has 30 heavy (non-hydrogen) atoms. The Morgan fingerprint density at radius 3 is 2.67 bits per heavy atom. The van der Waals surface area contributed by atoms with E-state index in [1.165, 1.54) is 10.4 Å². The molecule has 162 valence electrons. The number of ether oxygens (including phenoxy) is 1. The molecule has 1 aliphatic rings. The maximum Gasteiger partial charge on any atom is 0.387 e. The molecule has 0 aromatic heterocycles. The van der Waals surface area contributed by atoms with Crippen LogP contribution in [0.1, 0.15) is 11.1 Å². The van der Waals surface area contributed by atoms with Gasteiger partial charge in [-0.1, -0.05) is 36.4 Å². The molecule has 0 bridgehead atoms. The van der Waals surface area contributed by atoms with Crippen LogP contribution in [0, 0.1) is 0 Å². The van der Waals surface area contributed by atoms with E-state index in [1.54, 1.807) is 25.2 Å². The Morgan fingerprint density at radius 1 is 1.17 bits per heavy atom. The highest BCUT2D eigenvalue weighted by atomic mass is 32.2. The monoisotopic (exact) mass is 438 g/mol. The number of hydrogen-bond acceptors (Lipinski definition) is 4. The Bertz CT molecular complexity index is 999. The summed E-state index contributed by atoms with van der Waals surface area (Å²) in [5.41, 5.74) is 2.29. The summed E-state index contributed by atoms with van der Waals surface area (Å²) in [4.78, 5) is 4.04. The van der Waals surface area contributed by atoms with Gasteiger partial charge in [-0.2, -0.15) is 8.78 Å². The summed E-state index contributed by atoms with van der Waals surface area (Å²) in [6.45, 7) is -2.13. The normalized spacial score (nSPS) is 14.0. The smallest absolute Gasteiger partial charge is 0.387 e. The molecule has 0 amide bonds. The highest BCUT2D eigenvalue weighted by molar-refractivity contribution is 7.92. The molecular formula is C20H24F2N4O3S. The number of benzene rings is 2. The minimum absolute atomic E-state index is 0.0747. The Morgan fingerprint density at radius 2 is 1.90 bits per heavy atom. The number of anilines is 1. The average Bonchev–Trinajstić information content (AvgIpc) is 3.16. The summed E-state index contributed by atoms with van der Waals surface area (Å²) in [5.74, 6) is 0.331. The van der Waals surface area contributed by atoms with Gasteiger partial charge in [-0.3, -0.25) is 9.30 Å². The molecule has 0 spiro atoms. The van der Waals surface area contributed by atoms with Crippen molar-refractivity contribution < 1.29 is 21.9 Å². The molecule has 2 aromatic carbocycles. The van der Waals surface area contributed by atoms with E-state index in [9.17, 15) is 17.2 Å². The lowest BCUT2D eigenvalue weighted by Gasteiger charge is -2.20. The maximum absolute atomic E-state index is 12.7. The van der Waals surface area contributed by atoms with Gasteiger partial charge >= 0.3 is 6.61 Å². The van der Waals surface area contributed by atoms with Gasteiger partial charge in [0.05, 0.1) is 11.4 Å². The van der Waals surface area contributed by atoms with E-state index in [2.05, 4.69) is 20.4 Å². The minimum atomic E-state index is -3.48. The summed E-state index contributed by atoms with van der Waals surface area (Å²) in [6, 6.07) is 13.9. The van der Waals surface area contributed by atoms with E-state index in [1.807, 2.05) is 24.3 Å². The first-order valence-electron chi connectivity index (χ1n) is 9.46. The summed E-state index contributed by atoms with van der Waals surface area (Å²) in [7, 11) is -1.94. The molecule has 0 saturated heterocycles. The molecule has 3 rings (SSSR count). The van der Waals surface area contributed by atoms with Crippen molar-refractivity contribution in [3.05, 3.63) is 59.7 Å². The van der Waals surface area contributed by atoms with Crippen molar-refractivity contribution in [2.45, 2.75) is 19.6 Å². The van der Waals surface area contributed by atoms with Crippen molar-refractivity contribution >= 4 is 21.7 Å². The van der Waals surface area contributed by atoms with Gasteiger partial charge in [-0.15, -0.1) is 0 Å². The Kier molecular flexibility index (Phi) is 7.09. The summed E-state index contributed by atoms with van der Waals surface area (Å²) >= 11 is 0. The van der Waals surface area contributed by atoms with Crippen molar-refractivity contribution in [1.82, 2.24) is 10.6 Å². The highest BCUT2D eigenvalue weighted by Crippen LogP contribution is 2.29. The van der Waals surface area contributed by atoms with E-state index in [-0.39, 0.29) is 24.6 Å². The molecule has 0 unspecified atom stereocenters. The molecule has 1 aliphatic heterocycles. The van der Waals surface area contributed by atoms with E-state index >= 15 is 0 Å². The molecule has 0 aliphatic carbocycles. The zero-order chi connectivity index (χ0) is 21.6. The van der Waals surface area contributed by atoms with E-state index in [0.29, 0.717) is 24.5 Å². The third kappa shape index (κ3) is 5.38. The van der Waals surface area contributed by atoms with Gasteiger partial charge in [0, 0.05) is 32.2 Å². The molecule has 0 fully saturated rings. The zero-order valence-corrected chi connectivity index (χ0v) is 17.3. The Labute approximate surface area is 174 Å². The van der Waals surface area contributed by atoms with Crippen LogP contribution >= 0.6 is 0 Å². The number of rotatable bonds is 8. The van der Waals surface area contributed by atoms with Crippen LogP contribution in [-0.2, 0) is 23.0 Å². The van der Waals surface area contributed by atoms with Gasteiger partial charge in [0.1, 0.15) is 5.75 Å². The SMILES string of the molecule is CN=C(NCCS(=O)(=O)N1CCc2ccccc21)NCc1ccccc1OC(F)F. The van der Waals surface area contributed by atoms with Gasteiger partial charge < -0.3 is 15.4 Å². The molecule has 0 radical (unpaired) electrons. The van der Waals surface area contributed by atoms with Crippen LogP contribution in [0.5, 0.6) is 5.75 Å². The molecule has 2 aromatic rings. The quantitative estimate of drug-likeness (QED) is 0.488.